The zero-order valence-corrected chi connectivity index (χ0v) is 11.8. The van der Waals surface area contributed by atoms with Gasteiger partial charge in [-0.05, 0) is 37.1 Å². The van der Waals surface area contributed by atoms with Crippen molar-refractivity contribution in [2.45, 2.75) is 20.8 Å². The Labute approximate surface area is 118 Å². The molecule has 0 bridgehead atoms. The van der Waals surface area contributed by atoms with Gasteiger partial charge in [-0.3, -0.25) is 4.79 Å². The molecule has 2 aromatic rings. The smallest absolute Gasteiger partial charge is 0.293 e. The van der Waals surface area contributed by atoms with Crippen molar-refractivity contribution in [3.05, 3.63) is 59.7 Å². The van der Waals surface area contributed by atoms with E-state index in [1.807, 2.05) is 50.2 Å². The number of nitrogens with zero attached hydrogens (tertiary/aromatic N) is 1. The van der Waals surface area contributed by atoms with Crippen molar-refractivity contribution in [3.8, 4) is 11.5 Å². The van der Waals surface area contributed by atoms with Crippen LogP contribution in [0.3, 0.4) is 0 Å². The van der Waals surface area contributed by atoms with Crippen LogP contribution in [0.15, 0.2) is 48.5 Å². The van der Waals surface area contributed by atoms with Gasteiger partial charge in [-0.1, -0.05) is 36.4 Å². The molecule has 0 aliphatic carbocycles. The van der Waals surface area contributed by atoms with Crippen molar-refractivity contribution in [1.82, 2.24) is 5.23 Å². The summed E-state index contributed by atoms with van der Waals surface area (Å²) in [7, 11) is 0. The molecule has 0 heterocycles. The Morgan fingerprint density at radius 2 is 1.25 bits per heavy atom. The molecule has 0 atom stereocenters. The summed E-state index contributed by atoms with van der Waals surface area (Å²) in [5.41, 5.74) is 1.85. The highest BCUT2D eigenvalue weighted by Crippen LogP contribution is 2.21. The maximum Gasteiger partial charge on any atom is 0.293 e. The summed E-state index contributed by atoms with van der Waals surface area (Å²) in [5.74, 6) is 0.823. The molecule has 20 heavy (non-hydrogen) atoms. The van der Waals surface area contributed by atoms with Gasteiger partial charge in [-0.25, -0.2) is 0 Å². The van der Waals surface area contributed by atoms with Gasteiger partial charge in [-0.15, -0.1) is 0 Å². The molecule has 0 aliphatic rings. The first kappa shape index (κ1) is 13.9. The summed E-state index contributed by atoms with van der Waals surface area (Å²) in [4.78, 5) is 22.7. The number of hydrogen-bond acceptors (Lipinski definition) is 3. The van der Waals surface area contributed by atoms with Gasteiger partial charge in [0.1, 0.15) is 0 Å². The van der Waals surface area contributed by atoms with Gasteiger partial charge in [-0.2, -0.15) is 0 Å². The number of hydrogen-bond donors (Lipinski definition) is 0. The number of carbonyl (C=O) groups is 1. The molecule has 0 fully saturated rings. The molecule has 104 valence electrons. The molecule has 0 aromatic heterocycles. The molecule has 2 aromatic carbocycles. The van der Waals surface area contributed by atoms with Crippen LogP contribution in [0.5, 0.6) is 11.5 Å². The third-order valence-electron chi connectivity index (χ3n) is 2.81. The van der Waals surface area contributed by atoms with Crippen LogP contribution < -0.4 is 9.68 Å². The SMILES string of the molecule is CC(=O)N(Oc1ccccc1C)Oc1ccccc1C. The zero-order valence-electron chi connectivity index (χ0n) is 11.8. The van der Waals surface area contributed by atoms with Gasteiger partial charge < -0.3 is 9.68 Å². The first-order valence-electron chi connectivity index (χ1n) is 6.36. The van der Waals surface area contributed by atoms with Crippen molar-refractivity contribution < 1.29 is 14.5 Å². The predicted molar refractivity (Wildman–Crippen MR) is 76.1 cm³/mol. The van der Waals surface area contributed by atoms with Gasteiger partial charge in [0.05, 0.1) is 0 Å². The Morgan fingerprint density at radius 3 is 1.60 bits per heavy atom. The van der Waals surface area contributed by atoms with Gasteiger partial charge in [0.25, 0.3) is 5.91 Å². The Bertz CT molecular complexity index is 563. The summed E-state index contributed by atoms with van der Waals surface area (Å²) in [6.45, 7) is 5.19. The van der Waals surface area contributed by atoms with Gasteiger partial charge in [0, 0.05) is 12.2 Å². The Kier molecular flexibility index (Phi) is 4.25. The summed E-state index contributed by atoms with van der Waals surface area (Å²) < 4.78 is 0. The van der Waals surface area contributed by atoms with E-state index in [0.717, 1.165) is 16.4 Å². The lowest BCUT2D eigenvalue weighted by atomic mass is 10.2. The summed E-state index contributed by atoms with van der Waals surface area (Å²) in [6, 6.07) is 14.9. The average molecular weight is 271 g/mol. The minimum atomic E-state index is -0.337. The van der Waals surface area contributed by atoms with Crippen LogP contribution in [0.25, 0.3) is 0 Å². The third kappa shape index (κ3) is 3.29. The second kappa shape index (κ2) is 6.10. The van der Waals surface area contributed by atoms with E-state index in [4.69, 9.17) is 9.68 Å². The zero-order chi connectivity index (χ0) is 14.5. The summed E-state index contributed by atoms with van der Waals surface area (Å²) >= 11 is 0. The van der Waals surface area contributed by atoms with Gasteiger partial charge >= 0.3 is 0 Å². The number of carbonyl (C=O) groups excluding carboxylic acids is 1. The average Bonchev–Trinajstić information content (AvgIpc) is 2.42. The second-order valence-corrected chi connectivity index (χ2v) is 4.49. The Hall–Kier alpha value is -2.49. The molecule has 0 N–H and O–H groups in total. The molecule has 0 spiro atoms. The van der Waals surface area contributed by atoms with E-state index in [1.165, 1.54) is 6.92 Å². The number of hydroxylamine groups is 2. The van der Waals surface area contributed by atoms with E-state index in [9.17, 15) is 4.79 Å². The second-order valence-electron chi connectivity index (χ2n) is 4.49. The number of para-hydroxylation sites is 2. The largest absolute Gasteiger partial charge is 0.343 e. The number of rotatable bonds is 4. The molecule has 4 nitrogen and oxygen atoms in total. The topological polar surface area (TPSA) is 38.8 Å². The van der Waals surface area contributed by atoms with E-state index in [2.05, 4.69) is 0 Å². The van der Waals surface area contributed by atoms with E-state index in [1.54, 1.807) is 12.1 Å². The number of benzene rings is 2. The highest BCUT2D eigenvalue weighted by Gasteiger charge is 2.15. The van der Waals surface area contributed by atoms with Crippen LogP contribution >= 0.6 is 0 Å². The lowest BCUT2D eigenvalue weighted by molar-refractivity contribution is -0.244. The monoisotopic (exact) mass is 271 g/mol. The Morgan fingerprint density at radius 1 is 0.850 bits per heavy atom. The van der Waals surface area contributed by atoms with E-state index in [0.29, 0.717) is 11.5 Å². The molecule has 2 rings (SSSR count). The number of aryl methyl sites for hydroxylation is 2. The molecule has 0 saturated heterocycles. The van der Waals surface area contributed by atoms with Crippen molar-refractivity contribution in [1.29, 1.82) is 0 Å². The van der Waals surface area contributed by atoms with Crippen molar-refractivity contribution in [2.75, 3.05) is 0 Å². The summed E-state index contributed by atoms with van der Waals surface area (Å²) in [6.07, 6.45) is 0. The highest BCUT2D eigenvalue weighted by molar-refractivity contribution is 5.71. The number of amides is 1. The fraction of sp³-hybridized carbons (Fsp3) is 0.188. The minimum Gasteiger partial charge on any atom is -0.343 e. The van der Waals surface area contributed by atoms with Gasteiger partial charge in [0.15, 0.2) is 11.5 Å². The van der Waals surface area contributed by atoms with Crippen LogP contribution in [-0.2, 0) is 4.79 Å². The molecule has 0 unspecified atom stereocenters. The highest BCUT2D eigenvalue weighted by atomic mass is 17.0. The van der Waals surface area contributed by atoms with Gasteiger partial charge in [0.2, 0.25) is 0 Å². The molecule has 0 radical (unpaired) electrons. The predicted octanol–water partition coefficient (Wildman–Crippen LogP) is 3.44. The van der Waals surface area contributed by atoms with Crippen molar-refractivity contribution in [2.24, 2.45) is 0 Å². The molecule has 1 amide bonds. The van der Waals surface area contributed by atoms with Crippen LogP contribution in [-0.4, -0.2) is 11.1 Å². The van der Waals surface area contributed by atoms with Crippen LogP contribution in [0.2, 0.25) is 0 Å². The molecular weight excluding hydrogens is 254 g/mol. The van der Waals surface area contributed by atoms with Crippen LogP contribution in [0.4, 0.5) is 0 Å². The Balaban J connectivity index is 2.19. The van der Waals surface area contributed by atoms with E-state index in [-0.39, 0.29) is 5.91 Å². The molecule has 0 saturated carbocycles. The fourth-order valence-corrected chi connectivity index (χ4v) is 1.64. The molecular formula is C16H17NO3. The normalized spacial score (nSPS) is 9.95. The summed E-state index contributed by atoms with van der Waals surface area (Å²) in [5, 5.41) is 0.894. The fourth-order valence-electron chi connectivity index (χ4n) is 1.64. The quantitative estimate of drug-likeness (QED) is 0.800. The standard InChI is InChI=1S/C16H17NO3/c1-12-8-4-6-10-15(12)19-17(14(3)18)20-16-11-7-5-9-13(16)2/h4-11H,1-3H3. The molecule has 4 heteroatoms. The van der Waals surface area contributed by atoms with Crippen LogP contribution in [0, 0.1) is 13.8 Å². The lowest BCUT2D eigenvalue weighted by Gasteiger charge is -2.21. The minimum absolute atomic E-state index is 0.337. The first-order chi connectivity index (χ1) is 9.58. The molecule has 0 aliphatic heterocycles. The van der Waals surface area contributed by atoms with E-state index >= 15 is 0 Å². The van der Waals surface area contributed by atoms with Crippen molar-refractivity contribution in [3.63, 3.8) is 0 Å². The van der Waals surface area contributed by atoms with Crippen LogP contribution in [0.1, 0.15) is 18.1 Å². The van der Waals surface area contributed by atoms with Crippen molar-refractivity contribution >= 4 is 5.91 Å². The first-order valence-corrected chi connectivity index (χ1v) is 6.36. The maximum atomic E-state index is 11.7. The van der Waals surface area contributed by atoms with E-state index < -0.39 is 0 Å². The lowest BCUT2D eigenvalue weighted by Crippen LogP contribution is -2.35. The maximum absolute atomic E-state index is 11.7. The third-order valence-corrected chi connectivity index (χ3v) is 2.81.